The number of carbonyl (C=O) groups excluding carboxylic acids is 1. The lowest BCUT2D eigenvalue weighted by Gasteiger charge is -2.26. The quantitative estimate of drug-likeness (QED) is 0.897. The van der Waals surface area contributed by atoms with Gasteiger partial charge in [0.05, 0.1) is 10.6 Å². The number of amides is 1. The van der Waals surface area contributed by atoms with Crippen molar-refractivity contribution in [2.45, 2.75) is 50.5 Å². The van der Waals surface area contributed by atoms with Crippen molar-refractivity contribution in [2.24, 2.45) is 0 Å². The number of hydrogen-bond donors (Lipinski definition) is 1. The Labute approximate surface area is 136 Å². The monoisotopic (exact) mass is 338 g/mol. The minimum atomic E-state index is -3.54. The number of aryl methyl sites for hydroxylation is 1. The lowest BCUT2D eigenvalue weighted by Crippen LogP contribution is -2.35. The number of sulfonamides is 1. The number of hydrogen-bond acceptors (Lipinski definition) is 4. The highest BCUT2D eigenvalue weighted by Gasteiger charge is 2.30. The third kappa shape index (κ3) is 3.07. The van der Waals surface area contributed by atoms with E-state index in [1.54, 1.807) is 30.3 Å². The van der Waals surface area contributed by atoms with Crippen molar-refractivity contribution < 1.29 is 17.9 Å². The lowest BCUT2D eigenvalue weighted by atomic mass is 10.1. The predicted octanol–water partition coefficient (Wildman–Crippen LogP) is 2.28. The molecule has 3 rings (SSSR count). The van der Waals surface area contributed by atoms with E-state index in [2.05, 4.69) is 5.32 Å². The summed E-state index contributed by atoms with van der Waals surface area (Å²) in [6.07, 6.45) is 3.31. The van der Waals surface area contributed by atoms with Crippen LogP contribution in [0.3, 0.4) is 0 Å². The Kier molecular flexibility index (Phi) is 4.33. The number of fused-ring (bicyclic) bond motifs is 1. The van der Waals surface area contributed by atoms with Crippen molar-refractivity contribution in [3.05, 3.63) is 17.7 Å². The number of carbonyl (C=O) groups is 1. The average Bonchev–Trinajstić information content (AvgIpc) is 2.78. The van der Waals surface area contributed by atoms with Gasteiger partial charge in [0.1, 0.15) is 5.75 Å². The van der Waals surface area contributed by atoms with Gasteiger partial charge in [0.2, 0.25) is 10.0 Å². The maximum atomic E-state index is 13.0. The first kappa shape index (κ1) is 16.3. The molecule has 0 aliphatic carbocycles. The zero-order valence-corrected chi connectivity index (χ0v) is 14.3. The summed E-state index contributed by atoms with van der Waals surface area (Å²) in [6.45, 7) is 4.51. The fourth-order valence-corrected chi connectivity index (χ4v) is 4.78. The molecule has 126 valence electrons. The fourth-order valence-electron chi connectivity index (χ4n) is 3.04. The van der Waals surface area contributed by atoms with Crippen LogP contribution in [0, 0.1) is 6.92 Å². The number of nitrogens with zero attached hydrogens (tertiary/aromatic N) is 1. The minimum Gasteiger partial charge on any atom is -0.479 e. The molecule has 23 heavy (non-hydrogen) atoms. The molecular weight excluding hydrogens is 316 g/mol. The van der Waals surface area contributed by atoms with Crippen LogP contribution in [0.5, 0.6) is 5.75 Å². The summed E-state index contributed by atoms with van der Waals surface area (Å²) in [5, 5.41) is 2.75. The van der Waals surface area contributed by atoms with E-state index < -0.39 is 16.1 Å². The largest absolute Gasteiger partial charge is 0.479 e. The molecule has 2 heterocycles. The summed E-state index contributed by atoms with van der Waals surface area (Å²) in [4.78, 5) is 11.9. The molecule has 1 unspecified atom stereocenters. The number of anilines is 1. The van der Waals surface area contributed by atoms with Crippen LogP contribution < -0.4 is 10.1 Å². The Morgan fingerprint density at radius 2 is 1.83 bits per heavy atom. The summed E-state index contributed by atoms with van der Waals surface area (Å²) in [5.41, 5.74) is 1.15. The molecule has 1 aromatic rings. The Hall–Kier alpha value is -1.60. The van der Waals surface area contributed by atoms with Gasteiger partial charge in [0.15, 0.2) is 6.10 Å². The van der Waals surface area contributed by atoms with Crippen LogP contribution in [-0.4, -0.2) is 37.8 Å². The van der Waals surface area contributed by atoms with E-state index in [0.717, 1.165) is 25.7 Å². The topological polar surface area (TPSA) is 75.7 Å². The average molecular weight is 338 g/mol. The highest BCUT2D eigenvalue weighted by molar-refractivity contribution is 7.89. The summed E-state index contributed by atoms with van der Waals surface area (Å²) in [6, 6.07) is 3.21. The Balaban J connectivity index is 1.99. The Morgan fingerprint density at radius 1 is 1.17 bits per heavy atom. The van der Waals surface area contributed by atoms with Gasteiger partial charge in [-0.1, -0.05) is 12.8 Å². The van der Waals surface area contributed by atoms with Crippen LogP contribution in [0.25, 0.3) is 0 Å². The molecule has 0 aromatic heterocycles. The molecular formula is C16H22N2O4S. The molecule has 1 N–H and O–H groups in total. The molecule has 1 fully saturated rings. The summed E-state index contributed by atoms with van der Waals surface area (Å²) in [7, 11) is -3.54. The molecule has 7 heteroatoms. The van der Waals surface area contributed by atoms with Crippen molar-refractivity contribution in [2.75, 3.05) is 18.4 Å². The molecule has 0 bridgehead atoms. The molecule has 0 radical (unpaired) electrons. The maximum Gasteiger partial charge on any atom is 0.265 e. The first-order chi connectivity index (χ1) is 10.9. The van der Waals surface area contributed by atoms with Gasteiger partial charge in [-0.3, -0.25) is 4.79 Å². The van der Waals surface area contributed by atoms with Crippen LogP contribution in [-0.2, 0) is 14.8 Å². The van der Waals surface area contributed by atoms with E-state index >= 15 is 0 Å². The van der Waals surface area contributed by atoms with E-state index in [0.29, 0.717) is 30.1 Å². The van der Waals surface area contributed by atoms with Gasteiger partial charge in [-0.05, 0) is 38.3 Å². The molecule has 0 saturated carbocycles. The zero-order valence-electron chi connectivity index (χ0n) is 13.5. The SMILES string of the molecule is Cc1cc2c(cc1S(=O)(=O)N1CCCCCC1)OC(C)C(=O)N2. The van der Waals surface area contributed by atoms with Gasteiger partial charge in [-0.15, -0.1) is 0 Å². The summed E-state index contributed by atoms with van der Waals surface area (Å²) < 4.78 is 33.1. The molecule has 2 aliphatic rings. The van der Waals surface area contributed by atoms with Gasteiger partial charge in [-0.2, -0.15) is 4.31 Å². The number of benzene rings is 1. The standard InChI is InChI=1S/C16H22N2O4S/c1-11-9-13-14(22-12(2)16(19)17-13)10-15(11)23(20,21)18-7-5-3-4-6-8-18/h9-10,12H,3-8H2,1-2H3,(H,17,19). The fraction of sp³-hybridized carbons (Fsp3) is 0.562. The maximum absolute atomic E-state index is 13.0. The van der Waals surface area contributed by atoms with E-state index in [1.165, 1.54) is 0 Å². The third-order valence-corrected chi connectivity index (χ3v) is 6.43. The first-order valence-corrected chi connectivity index (χ1v) is 9.46. The van der Waals surface area contributed by atoms with Gasteiger partial charge >= 0.3 is 0 Å². The zero-order chi connectivity index (χ0) is 16.6. The van der Waals surface area contributed by atoms with Crippen LogP contribution in [0.1, 0.15) is 38.2 Å². The molecule has 0 spiro atoms. The van der Waals surface area contributed by atoms with Crippen molar-refractivity contribution in [1.29, 1.82) is 0 Å². The summed E-state index contributed by atoms with van der Waals surface area (Å²) in [5.74, 6) is 0.191. The normalized spacial score (nSPS) is 22.7. The van der Waals surface area contributed by atoms with Gasteiger partial charge in [-0.25, -0.2) is 8.42 Å². The predicted molar refractivity (Wildman–Crippen MR) is 87.1 cm³/mol. The van der Waals surface area contributed by atoms with E-state index in [9.17, 15) is 13.2 Å². The van der Waals surface area contributed by atoms with Crippen LogP contribution in [0.15, 0.2) is 17.0 Å². The lowest BCUT2D eigenvalue weighted by molar-refractivity contribution is -0.122. The second kappa shape index (κ2) is 6.13. The highest BCUT2D eigenvalue weighted by Crippen LogP contribution is 2.35. The molecule has 2 aliphatic heterocycles. The smallest absolute Gasteiger partial charge is 0.265 e. The van der Waals surface area contributed by atoms with E-state index in [4.69, 9.17) is 4.74 Å². The van der Waals surface area contributed by atoms with E-state index in [1.807, 2.05) is 0 Å². The minimum absolute atomic E-state index is 0.222. The number of rotatable bonds is 2. The summed E-state index contributed by atoms with van der Waals surface area (Å²) >= 11 is 0. The van der Waals surface area contributed by atoms with E-state index in [-0.39, 0.29) is 10.8 Å². The molecule has 1 amide bonds. The van der Waals surface area contributed by atoms with Crippen LogP contribution in [0.2, 0.25) is 0 Å². The first-order valence-electron chi connectivity index (χ1n) is 8.02. The van der Waals surface area contributed by atoms with Crippen molar-refractivity contribution in [3.63, 3.8) is 0 Å². The van der Waals surface area contributed by atoms with Crippen LogP contribution >= 0.6 is 0 Å². The second-order valence-electron chi connectivity index (χ2n) is 6.18. The highest BCUT2D eigenvalue weighted by atomic mass is 32.2. The molecule has 1 saturated heterocycles. The van der Waals surface area contributed by atoms with Gasteiger partial charge in [0.25, 0.3) is 5.91 Å². The van der Waals surface area contributed by atoms with Gasteiger partial charge in [0, 0.05) is 19.2 Å². The van der Waals surface area contributed by atoms with Gasteiger partial charge < -0.3 is 10.1 Å². The van der Waals surface area contributed by atoms with Crippen molar-refractivity contribution in [1.82, 2.24) is 4.31 Å². The third-order valence-electron chi connectivity index (χ3n) is 4.39. The molecule has 1 atom stereocenters. The molecule has 1 aromatic carbocycles. The second-order valence-corrected chi connectivity index (χ2v) is 8.09. The Morgan fingerprint density at radius 3 is 2.48 bits per heavy atom. The molecule has 6 nitrogen and oxygen atoms in total. The number of ether oxygens (including phenoxy) is 1. The van der Waals surface area contributed by atoms with Crippen molar-refractivity contribution in [3.8, 4) is 5.75 Å². The Bertz CT molecular complexity index is 722. The number of nitrogens with one attached hydrogen (secondary N) is 1. The van der Waals surface area contributed by atoms with Crippen molar-refractivity contribution >= 4 is 21.6 Å². The van der Waals surface area contributed by atoms with Crippen LogP contribution in [0.4, 0.5) is 5.69 Å².